The molecule has 1 unspecified atom stereocenters. The zero-order chi connectivity index (χ0) is 15.0. The number of amides is 2. The first kappa shape index (κ1) is 15.5. The van der Waals surface area contributed by atoms with Gasteiger partial charge < -0.3 is 15.7 Å². The van der Waals surface area contributed by atoms with Gasteiger partial charge in [0.15, 0.2) is 0 Å². The van der Waals surface area contributed by atoms with E-state index in [4.69, 9.17) is 10.4 Å². The fourth-order valence-electron chi connectivity index (χ4n) is 1.70. The van der Waals surface area contributed by atoms with Crippen LogP contribution < -0.4 is 10.6 Å². The number of benzene rings is 1. The third-order valence-electron chi connectivity index (χ3n) is 2.89. The van der Waals surface area contributed by atoms with Crippen molar-refractivity contribution in [1.29, 1.82) is 5.26 Å². The molecule has 1 atom stereocenters. The average molecular weight is 275 g/mol. The number of nitrogens with zero attached hydrogens (tertiary/aromatic N) is 1. The van der Waals surface area contributed by atoms with Gasteiger partial charge in [0, 0.05) is 13.0 Å². The molecule has 6 heteroatoms. The molecule has 0 radical (unpaired) electrons. The molecule has 20 heavy (non-hydrogen) atoms. The van der Waals surface area contributed by atoms with Gasteiger partial charge in [0.25, 0.3) is 0 Å². The molecule has 0 saturated carbocycles. The van der Waals surface area contributed by atoms with Crippen molar-refractivity contribution in [3.63, 3.8) is 0 Å². The number of carboxylic acid groups (broad SMARTS) is 1. The molecule has 1 aromatic rings. The van der Waals surface area contributed by atoms with Gasteiger partial charge in [-0.2, -0.15) is 5.26 Å². The second-order valence-corrected chi connectivity index (χ2v) is 4.36. The highest BCUT2D eigenvalue weighted by molar-refractivity contribution is 5.90. The van der Waals surface area contributed by atoms with Crippen LogP contribution >= 0.6 is 0 Å². The Morgan fingerprint density at radius 2 is 2.10 bits per heavy atom. The summed E-state index contributed by atoms with van der Waals surface area (Å²) in [6.07, 6.45) is 0.687. The Balaban J connectivity index is 2.51. The lowest BCUT2D eigenvalue weighted by Gasteiger charge is -2.14. The first-order valence-corrected chi connectivity index (χ1v) is 6.32. The minimum atomic E-state index is -0.881. The normalized spacial score (nSPS) is 11.2. The summed E-state index contributed by atoms with van der Waals surface area (Å²) in [6.45, 7) is 2.15. The molecule has 0 aliphatic carbocycles. The van der Waals surface area contributed by atoms with Gasteiger partial charge in [-0.25, -0.2) is 4.79 Å². The number of urea groups is 1. The Morgan fingerprint density at radius 3 is 2.70 bits per heavy atom. The van der Waals surface area contributed by atoms with Crippen molar-refractivity contribution in [3.8, 4) is 6.07 Å². The van der Waals surface area contributed by atoms with E-state index in [1.807, 2.05) is 13.0 Å². The van der Waals surface area contributed by atoms with Crippen molar-refractivity contribution < 1.29 is 14.7 Å². The number of anilines is 1. The van der Waals surface area contributed by atoms with Gasteiger partial charge in [0.2, 0.25) is 0 Å². The molecule has 3 N–H and O–H groups in total. The van der Waals surface area contributed by atoms with Crippen LogP contribution in [0.25, 0.3) is 0 Å². The molecule has 1 rings (SSSR count). The van der Waals surface area contributed by atoms with Crippen molar-refractivity contribution >= 4 is 17.7 Å². The molecule has 0 aromatic heterocycles. The molecule has 106 valence electrons. The SMILES string of the molecule is CCC(CNC(=O)Nc1ccccc1C#N)CC(=O)O. The molecule has 0 bridgehead atoms. The Kier molecular flexibility index (Phi) is 6.04. The van der Waals surface area contributed by atoms with Crippen LogP contribution in [0.15, 0.2) is 24.3 Å². The maximum absolute atomic E-state index is 11.7. The highest BCUT2D eigenvalue weighted by Gasteiger charge is 2.13. The van der Waals surface area contributed by atoms with Gasteiger partial charge in [0.1, 0.15) is 6.07 Å². The van der Waals surface area contributed by atoms with Crippen molar-refractivity contribution in [1.82, 2.24) is 5.32 Å². The van der Waals surface area contributed by atoms with E-state index >= 15 is 0 Å². The van der Waals surface area contributed by atoms with Gasteiger partial charge in [-0.1, -0.05) is 25.5 Å². The lowest BCUT2D eigenvalue weighted by Crippen LogP contribution is -2.33. The molecule has 1 aromatic carbocycles. The minimum absolute atomic E-state index is 0.0194. The van der Waals surface area contributed by atoms with Crippen LogP contribution in [0.4, 0.5) is 10.5 Å². The molecule has 0 fully saturated rings. The van der Waals surface area contributed by atoms with Gasteiger partial charge >= 0.3 is 12.0 Å². The number of carboxylic acids is 1. The summed E-state index contributed by atoms with van der Waals surface area (Å²) >= 11 is 0. The molecule has 0 spiro atoms. The maximum atomic E-state index is 11.7. The second kappa shape index (κ2) is 7.79. The lowest BCUT2D eigenvalue weighted by atomic mass is 10.0. The van der Waals surface area contributed by atoms with Gasteiger partial charge in [0.05, 0.1) is 11.3 Å². The van der Waals surface area contributed by atoms with E-state index in [-0.39, 0.29) is 18.9 Å². The Hall–Kier alpha value is -2.55. The average Bonchev–Trinajstić information content (AvgIpc) is 2.43. The van der Waals surface area contributed by atoms with E-state index in [1.165, 1.54) is 0 Å². The zero-order valence-electron chi connectivity index (χ0n) is 11.2. The van der Waals surface area contributed by atoms with Gasteiger partial charge in [-0.05, 0) is 18.1 Å². The summed E-state index contributed by atoms with van der Waals surface area (Å²) in [4.78, 5) is 22.3. The lowest BCUT2D eigenvalue weighted by molar-refractivity contribution is -0.138. The Labute approximate surface area is 117 Å². The zero-order valence-corrected chi connectivity index (χ0v) is 11.2. The van der Waals surface area contributed by atoms with E-state index in [2.05, 4.69) is 10.6 Å². The minimum Gasteiger partial charge on any atom is -0.481 e. The molecule has 0 saturated heterocycles. The standard InChI is InChI=1S/C14H17N3O3/c1-2-10(7-13(18)19)9-16-14(20)17-12-6-4-3-5-11(12)8-15/h3-6,10H,2,7,9H2,1H3,(H,18,19)(H2,16,17,20). The first-order chi connectivity index (χ1) is 9.56. The summed E-state index contributed by atoms with van der Waals surface area (Å²) in [6, 6.07) is 8.20. The molecule has 6 nitrogen and oxygen atoms in total. The van der Waals surface area contributed by atoms with Crippen LogP contribution in [0.5, 0.6) is 0 Å². The summed E-state index contributed by atoms with van der Waals surface area (Å²) in [5.41, 5.74) is 0.805. The van der Waals surface area contributed by atoms with Crippen molar-refractivity contribution in [2.45, 2.75) is 19.8 Å². The number of hydrogen-bond donors (Lipinski definition) is 3. The molecular formula is C14H17N3O3. The second-order valence-electron chi connectivity index (χ2n) is 4.36. The third kappa shape index (κ3) is 4.98. The first-order valence-electron chi connectivity index (χ1n) is 6.32. The number of carbonyl (C=O) groups is 2. The molecular weight excluding hydrogens is 258 g/mol. The van der Waals surface area contributed by atoms with Crippen LogP contribution in [-0.2, 0) is 4.79 Å². The Morgan fingerprint density at radius 1 is 1.40 bits per heavy atom. The fourth-order valence-corrected chi connectivity index (χ4v) is 1.70. The van der Waals surface area contributed by atoms with Crippen LogP contribution in [0.2, 0.25) is 0 Å². The topological polar surface area (TPSA) is 102 Å². The van der Waals surface area contributed by atoms with E-state index in [0.717, 1.165) is 0 Å². The molecule has 0 aliphatic rings. The number of nitrogens with one attached hydrogen (secondary N) is 2. The largest absolute Gasteiger partial charge is 0.481 e. The van der Waals surface area contributed by atoms with E-state index in [1.54, 1.807) is 24.3 Å². The summed E-state index contributed by atoms with van der Waals surface area (Å²) in [7, 11) is 0. The maximum Gasteiger partial charge on any atom is 0.319 e. The molecule has 0 heterocycles. The quantitative estimate of drug-likeness (QED) is 0.740. The highest BCUT2D eigenvalue weighted by atomic mass is 16.4. The number of para-hydroxylation sites is 1. The van der Waals surface area contributed by atoms with Crippen LogP contribution in [-0.4, -0.2) is 23.7 Å². The van der Waals surface area contributed by atoms with Gasteiger partial charge in [-0.3, -0.25) is 4.79 Å². The fraction of sp³-hybridized carbons (Fsp3) is 0.357. The number of carbonyl (C=O) groups excluding carboxylic acids is 1. The predicted molar refractivity (Wildman–Crippen MR) is 74.2 cm³/mol. The monoisotopic (exact) mass is 275 g/mol. The van der Waals surface area contributed by atoms with Crippen molar-refractivity contribution in [2.75, 3.05) is 11.9 Å². The number of aliphatic carboxylic acids is 1. The van der Waals surface area contributed by atoms with E-state index < -0.39 is 12.0 Å². The van der Waals surface area contributed by atoms with Gasteiger partial charge in [-0.15, -0.1) is 0 Å². The molecule has 0 aliphatic heterocycles. The summed E-state index contributed by atoms with van der Waals surface area (Å²) < 4.78 is 0. The smallest absolute Gasteiger partial charge is 0.319 e. The summed E-state index contributed by atoms with van der Waals surface area (Å²) in [5, 5.41) is 22.8. The van der Waals surface area contributed by atoms with Crippen molar-refractivity contribution in [2.24, 2.45) is 5.92 Å². The summed E-state index contributed by atoms with van der Waals surface area (Å²) in [5.74, 6) is -0.988. The van der Waals surface area contributed by atoms with Crippen molar-refractivity contribution in [3.05, 3.63) is 29.8 Å². The molecule has 2 amide bonds. The number of nitriles is 1. The highest BCUT2D eigenvalue weighted by Crippen LogP contribution is 2.13. The van der Waals surface area contributed by atoms with E-state index in [0.29, 0.717) is 17.7 Å². The van der Waals surface area contributed by atoms with Crippen LogP contribution in [0, 0.1) is 17.2 Å². The van der Waals surface area contributed by atoms with E-state index in [9.17, 15) is 9.59 Å². The Bertz CT molecular complexity index is 523. The third-order valence-corrected chi connectivity index (χ3v) is 2.89. The van der Waals surface area contributed by atoms with Crippen LogP contribution in [0.1, 0.15) is 25.3 Å². The predicted octanol–water partition coefficient (Wildman–Crippen LogP) is 2.18. The van der Waals surface area contributed by atoms with Crippen LogP contribution in [0.3, 0.4) is 0 Å². The number of rotatable bonds is 6. The number of hydrogen-bond acceptors (Lipinski definition) is 3.